The lowest BCUT2D eigenvalue weighted by Crippen LogP contribution is -2.00. The molecule has 143 valence electrons. The minimum absolute atomic E-state index is 0.784. The Labute approximate surface area is 158 Å². The van der Waals surface area contributed by atoms with Crippen LogP contribution < -0.4 is 0 Å². The second kappa shape index (κ2) is 15.5. The summed E-state index contributed by atoms with van der Waals surface area (Å²) in [5.41, 5.74) is 2.96. The van der Waals surface area contributed by atoms with E-state index < -0.39 is 0 Å². The summed E-state index contributed by atoms with van der Waals surface area (Å²) in [5, 5.41) is 0. The SMILES string of the molecule is [CH2]CCCCCCCCC(CCCCCCCC)c1ccc(C)cc1. The van der Waals surface area contributed by atoms with Crippen LogP contribution in [0.5, 0.6) is 0 Å². The van der Waals surface area contributed by atoms with Crippen molar-refractivity contribution in [3.05, 3.63) is 42.3 Å². The zero-order valence-corrected chi connectivity index (χ0v) is 17.2. The van der Waals surface area contributed by atoms with Crippen LogP contribution in [0.3, 0.4) is 0 Å². The van der Waals surface area contributed by atoms with Crippen LogP contribution in [0, 0.1) is 13.8 Å². The molecule has 1 rings (SSSR count). The van der Waals surface area contributed by atoms with Gasteiger partial charge in [-0.1, -0.05) is 127 Å². The molecule has 0 bridgehead atoms. The molecule has 25 heavy (non-hydrogen) atoms. The summed E-state index contributed by atoms with van der Waals surface area (Å²) in [4.78, 5) is 0. The molecule has 1 aromatic rings. The Bertz CT molecular complexity index is 389. The summed E-state index contributed by atoms with van der Waals surface area (Å²) < 4.78 is 0. The maximum atomic E-state index is 3.93. The molecule has 0 fully saturated rings. The number of hydrogen-bond donors (Lipinski definition) is 0. The van der Waals surface area contributed by atoms with E-state index in [9.17, 15) is 0 Å². The second-order valence-electron chi connectivity index (χ2n) is 7.93. The quantitative estimate of drug-likeness (QED) is 0.263. The third kappa shape index (κ3) is 11.4. The molecule has 1 unspecified atom stereocenters. The van der Waals surface area contributed by atoms with Gasteiger partial charge in [0.2, 0.25) is 0 Å². The van der Waals surface area contributed by atoms with Gasteiger partial charge in [0.05, 0.1) is 0 Å². The van der Waals surface area contributed by atoms with E-state index in [4.69, 9.17) is 0 Å². The van der Waals surface area contributed by atoms with Crippen molar-refractivity contribution in [2.75, 3.05) is 0 Å². The van der Waals surface area contributed by atoms with Gasteiger partial charge in [0.1, 0.15) is 0 Å². The minimum Gasteiger partial charge on any atom is -0.0654 e. The van der Waals surface area contributed by atoms with E-state index in [-0.39, 0.29) is 0 Å². The summed E-state index contributed by atoms with van der Waals surface area (Å²) in [6.07, 6.45) is 20.6. The van der Waals surface area contributed by atoms with E-state index in [0.29, 0.717) is 0 Å². The first-order valence-corrected chi connectivity index (χ1v) is 11.1. The van der Waals surface area contributed by atoms with E-state index in [0.717, 1.165) is 12.3 Å². The highest BCUT2D eigenvalue weighted by Gasteiger charge is 2.11. The summed E-state index contributed by atoms with van der Waals surface area (Å²) in [5.74, 6) is 0.784. The molecule has 0 aliphatic carbocycles. The van der Waals surface area contributed by atoms with Crippen molar-refractivity contribution in [3.8, 4) is 0 Å². The van der Waals surface area contributed by atoms with E-state index in [1.807, 2.05) is 0 Å². The first-order chi connectivity index (χ1) is 12.3. The Hall–Kier alpha value is -0.780. The van der Waals surface area contributed by atoms with Gasteiger partial charge in [0.15, 0.2) is 0 Å². The smallest absolute Gasteiger partial charge is 0.0162 e. The van der Waals surface area contributed by atoms with Crippen LogP contribution in [-0.4, -0.2) is 0 Å². The van der Waals surface area contributed by atoms with E-state index in [1.54, 1.807) is 5.56 Å². The summed E-state index contributed by atoms with van der Waals surface area (Å²) in [6, 6.07) is 9.35. The molecule has 0 aromatic heterocycles. The first-order valence-electron chi connectivity index (χ1n) is 11.1. The van der Waals surface area contributed by atoms with Crippen molar-refractivity contribution in [3.63, 3.8) is 0 Å². The van der Waals surface area contributed by atoms with E-state index >= 15 is 0 Å². The van der Waals surface area contributed by atoms with Gasteiger partial charge in [-0.15, -0.1) is 0 Å². The highest BCUT2D eigenvalue weighted by Crippen LogP contribution is 2.29. The lowest BCUT2D eigenvalue weighted by Gasteiger charge is -2.18. The molecule has 1 aromatic carbocycles. The van der Waals surface area contributed by atoms with Crippen LogP contribution in [0.4, 0.5) is 0 Å². The fourth-order valence-corrected chi connectivity index (χ4v) is 3.76. The minimum atomic E-state index is 0.784. The Morgan fingerprint density at radius 1 is 0.680 bits per heavy atom. The number of benzene rings is 1. The van der Waals surface area contributed by atoms with Crippen molar-refractivity contribution in [2.24, 2.45) is 0 Å². The summed E-state index contributed by atoms with van der Waals surface area (Å²) in [6.45, 7) is 8.43. The maximum absolute atomic E-state index is 3.93. The molecular weight excluding hydrogens is 300 g/mol. The van der Waals surface area contributed by atoms with Crippen LogP contribution in [0.1, 0.15) is 120 Å². The Morgan fingerprint density at radius 3 is 1.68 bits per heavy atom. The number of unbranched alkanes of at least 4 members (excludes halogenated alkanes) is 11. The van der Waals surface area contributed by atoms with Gasteiger partial charge >= 0.3 is 0 Å². The van der Waals surface area contributed by atoms with Crippen molar-refractivity contribution in [1.29, 1.82) is 0 Å². The lowest BCUT2D eigenvalue weighted by atomic mass is 9.87. The zero-order chi connectivity index (χ0) is 18.2. The predicted octanol–water partition coefficient (Wildman–Crippen LogP) is 8.78. The van der Waals surface area contributed by atoms with Crippen LogP contribution in [0.2, 0.25) is 0 Å². The number of aryl methyl sites for hydroxylation is 1. The van der Waals surface area contributed by atoms with Crippen LogP contribution >= 0.6 is 0 Å². The fourth-order valence-electron chi connectivity index (χ4n) is 3.76. The predicted molar refractivity (Wildman–Crippen MR) is 114 cm³/mol. The molecule has 1 radical (unpaired) electrons. The highest BCUT2D eigenvalue weighted by atomic mass is 14.2. The monoisotopic (exact) mass is 343 g/mol. The van der Waals surface area contributed by atoms with Crippen molar-refractivity contribution in [2.45, 2.75) is 116 Å². The molecule has 0 amide bonds. The molecule has 0 spiro atoms. The van der Waals surface area contributed by atoms with Gasteiger partial charge in [-0.3, -0.25) is 0 Å². The van der Waals surface area contributed by atoms with Crippen LogP contribution in [0.15, 0.2) is 24.3 Å². The van der Waals surface area contributed by atoms with Gasteiger partial charge in [0, 0.05) is 0 Å². The third-order valence-corrected chi connectivity index (χ3v) is 5.51. The Balaban J connectivity index is 2.31. The van der Waals surface area contributed by atoms with Gasteiger partial charge in [-0.2, -0.15) is 0 Å². The molecule has 1 atom stereocenters. The first kappa shape index (κ1) is 22.3. The van der Waals surface area contributed by atoms with Gasteiger partial charge in [-0.05, 0) is 31.2 Å². The molecule has 0 heterocycles. The zero-order valence-electron chi connectivity index (χ0n) is 17.2. The van der Waals surface area contributed by atoms with Crippen molar-refractivity contribution >= 4 is 0 Å². The maximum Gasteiger partial charge on any atom is -0.0162 e. The molecule has 0 N–H and O–H groups in total. The standard InChI is InChI=1S/C25H43/c1-4-6-8-10-12-14-16-18-24(17-15-13-11-9-7-5-2)25-21-19-23(3)20-22-25/h19-22,24H,1,4-18H2,2-3H3. The summed E-state index contributed by atoms with van der Waals surface area (Å²) in [7, 11) is 0. The van der Waals surface area contributed by atoms with Crippen molar-refractivity contribution < 1.29 is 0 Å². The normalized spacial score (nSPS) is 12.4. The Kier molecular flexibility index (Phi) is 13.8. The summed E-state index contributed by atoms with van der Waals surface area (Å²) >= 11 is 0. The van der Waals surface area contributed by atoms with Crippen molar-refractivity contribution in [1.82, 2.24) is 0 Å². The second-order valence-corrected chi connectivity index (χ2v) is 7.93. The molecule has 0 nitrogen and oxygen atoms in total. The highest BCUT2D eigenvalue weighted by molar-refractivity contribution is 5.24. The van der Waals surface area contributed by atoms with Gasteiger partial charge in [0.25, 0.3) is 0 Å². The van der Waals surface area contributed by atoms with Crippen LogP contribution in [0.25, 0.3) is 0 Å². The van der Waals surface area contributed by atoms with Gasteiger partial charge < -0.3 is 0 Å². The average Bonchev–Trinajstić information content (AvgIpc) is 2.63. The molecule has 0 aliphatic heterocycles. The molecule has 0 saturated heterocycles. The molecule has 0 saturated carbocycles. The van der Waals surface area contributed by atoms with Crippen LogP contribution in [-0.2, 0) is 0 Å². The third-order valence-electron chi connectivity index (χ3n) is 5.51. The molecule has 0 aliphatic rings. The molecular formula is C25H43. The average molecular weight is 344 g/mol. The number of hydrogen-bond acceptors (Lipinski definition) is 0. The fraction of sp³-hybridized carbons (Fsp3) is 0.720. The lowest BCUT2D eigenvalue weighted by molar-refractivity contribution is 0.486. The van der Waals surface area contributed by atoms with Gasteiger partial charge in [-0.25, -0.2) is 0 Å². The topological polar surface area (TPSA) is 0 Å². The molecule has 0 heteroatoms. The Morgan fingerprint density at radius 2 is 1.16 bits per heavy atom. The number of rotatable bonds is 16. The largest absolute Gasteiger partial charge is 0.0654 e. The van der Waals surface area contributed by atoms with E-state index in [1.165, 1.54) is 95.5 Å². The van der Waals surface area contributed by atoms with E-state index in [2.05, 4.69) is 45.0 Å².